The van der Waals surface area contributed by atoms with Gasteiger partial charge in [-0.25, -0.2) is 0 Å². The Morgan fingerprint density at radius 2 is 1.22 bits per heavy atom. The molecule has 2 radical (unpaired) electrons. The molecule has 0 aliphatic carbocycles. The fourth-order valence-electron chi connectivity index (χ4n) is 0. The van der Waals surface area contributed by atoms with Gasteiger partial charge in [0, 0.05) is 47.9 Å². The molecule has 0 atom stereocenters. The van der Waals surface area contributed by atoms with Crippen molar-refractivity contribution < 1.29 is 78.6 Å². The van der Waals surface area contributed by atoms with Crippen LogP contribution in [0, 0.1) is 0 Å². The van der Waals surface area contributed by atoms with E-state index in [0.29, 0.717) is 0 Å². The van der Waals surface area contributed by atoms with Gasteiger partial charge >= 0.3 is 6.15 Å². The van der Waals surface area contributed by atoms with E-state index in [0.717, 1.165) is 14.0 Å². The number of hydrogen-bond donors (Lipinski definition) is 4. The fourth-order valence-corrected chi connectivity index (χ4v) is 0. The number of aliphatic hydroxyl groups excluding tert-OH is 1. The number of aliphatic hydroxyl groups is 1. The predicted molar refractivity (Wildman–Crippen MR) is 50.9 cm³/mol. The Morgan fingerprint density at radius 3 is 1.22 bits per heavy atom. The van der Waals surface area contributed by atoms with Gasteiger partial charge in [0.15, 0.2) is 0 Å². The van der Waals surface area contributed by atoms with E-state index < -0.39 is 5.97 Å². The van der Waals surface area contributed by atoms with Crippen LogP contribution in [-0.2, 0) is 57.8 Å². The summed E-state index contributed by atoms with van der Waals surface area (Å²) in [6, 6.07) is 0. The van der Waals surface area contributed by atoms with Crippen LogP contribution in [0.2, 0.25) is 0 Å². The van der Waals surface area contributed by atoms with Crippen molar-refractivity contribution in [3.05, 3.63) is 0 Å². The summed E-state index contributed by atoms with van der Waals surface area (Å²) in [5, 5.41) is 21.3. The van der Waals surface area contributed by atoms with Gasteiger partial charge in [-0.2, -0.15) is 9.59 Å². The topological polar surface area (TPSA) is 213 Å². The maximum atomic E-state index is 9.00. The number of hydrogen-bond acceptors (Lipinski definition) is 7. The Hall–Kier alpha value is -1.10. The van der Waals surface area contributed by atoms with Crippen LogP contribution in [0.3, 0.4) is 0 Å². The second kappa shape index (κ2) is 232. The SMILES string of the molecule is C=O.CC(=O)O.CO.N.O.O=C=O.O=CO.[Co].[Mn]. The van der Waals surface area contributed by atoms with Crippen LogP contribution in [0.15, 0.2) is 0 Å². The van der Waals surface area contributed by atoms with E-state index in [9.17, 15) is 0 Å². The summed E-state index contributed by atoms with van der Waals surface area (Å²) in [5.41, 5.74) is 0. The van der Waals surface area contributed by atoms with Gasteiger partial charge in [-0.05, 0) is 0 Å². The summed E-state index contributed by atoms with van der Waals surface area (Å²) in [7, 11) is 1.00. The first-order valence-corrected chi connectivity index (χ1v) is 2.57. The van der Waals surface area contributed by atoms with Gasteiger partial charge < -0.3 is 31.7 Å². The zero-order valence-electron chi connectivity index (χ0n) is 9.59. The average Bonchev–Trinajstić information content (AvgIpc) is 2.12. The molecule has 18 heavy (non-hydrogen) atoms. The van der Waals surface area contributed by atoms with E-state index in [4.69, 9.17) is 39.3 Å². The standard InChI is InChI=1S/C2H4O2.CH2O2.CO2.CH4O.CH2O.Co.Mn.H3N.H2O/c1-2(3)4;2*2-1-3;2*1-2;;;;/h1H3,(H,3,4);1H,(H,2,3);;2H,1H3;1H2;;;1H3;1H2. The summed E-state index contributed by atoms with van der Waals surface area (Å²) < 4.78 is 0. The summed E-state index contributed by atoms with van der Waals surface area (Å²) in [6.45, 7) is 2.83. The van der Waals surface area contributed by atoms with Crippen molar-refractivity contribution in [1.29, 1.82) is 0 Å². The van der Waals surface area contributed by atoms with Crippen molar-refractivity contribution in [2.75, 3.05) is 7.11 Å². The van der Waals surface area contributed by atoms with Gasteiger partial charge in [0.05, 0.1) is 0 Å². The zero-order chi connectivity index (χ0) is 13.0. The van der Waals surface area contributed by atoms with E-state index in [2.05, 4.69) is 0 Å². The first-order chi connectivity index (χ1) is 6.56. The molecule has 0 saturated heterocycles. The maximum absolute atomic E-state index is 9.00. The van der Waals surface area contributed by atoms with Crippen molar-refractivity contribution in [1.82, 2.24) is 6.15 Å². The molecule has 116 valence electrons. The minimum atomic E-state index is -0.833. The number of aliphatic carboxylic acids is 1. The van der Waals surface area contributed by atoms with Crippen molar-refractivity contribution in [3.8, 4) is 0 Å². The van der Waals surface area contributed by atoms with E-state index in [1.54, 1.807) is 0 Å². The summed E-state index contributed by atoms with van der Waals surface area (Å²) >= 11 is 0. The molecule has 0 unspecified atom stereocenters. The molecule has 0 aromatic carbocycles. The normalized spacial score (nSPS) is 3.06. The number of carboxylic acid groups (broad SMARTS) is 2. The summed E-state index contributed by atoms with van der Waals surface area (Å²) in [6.07, 6.45) is 0.250. The number of rotatable bonds is 0. The second-order valence-corrected chi connectivity index (χ2v) is 0.708. The van der Waals surface area contributed by atoms with Crippen LogP contribution in [0.5, 0.6) is 0 Å². The Labute approximate surface area is 124 Å². The third kappa shape index (κ3) is 2360. The van der Waals surface area contributed by atoms with Crippen molar-refractivity contribution in [3.63, 3.8) is 0 Å². The number of carbonyl (C=O) groups is 3. The first-order valence-electron chi connectivity index (χ1n) is 2.57. The van der Waals surface area contributed by atoms with Gasteiger partial charge in [0.25, 0.3) is 12.4 Å². The minimum absolute atomic E-state index is 0. The molecular formula is C6H17CoMnNO9. The Morgan fingerprint density at radius 1 is 1.22 bits per heavy atom. The van der Waals surface area contributed by atoms with E-state index in [1.165, 1.54) is 0 Å². The van der Waals surface area contributed by atoms with Crippen molar-refractivity contribution in [2.45, 2.75) is 6.92 Å². The third-order valence-corrected chi connectivity index (χ3v) is 0. The molecule has 0 aliphatic heterocycles. The molecule has 0 amide bonds. The minimum Gasteiger partial charge on any atom is -0.483 e. The van der Waals surface area contributed by atoms with Gasteiger partial charge in [0.1, 0.15) is 6.79 Å². The quantitative estimate of drug-likeness (QED) is 0.276. The number of carboxylic acids is 1. The van der Waals surface area contributed by atoms with E-state index in [1.807, 2.05) is 6.79 Å². The van der Waals surface area contributed by atoms with Crippen LogP contribution in [-0.4, -0.2) is 53.3 Å². The number of carbonyl (C=O) groups excluding carboxylic acids is 3. The molecule has 10 nitrogen and oxygen atoms in total. The molecule has 0 aromatic rings. The van der Waals surface area contributed by atoms with E-state index >= 15 is 0 Å². The molecule has 0 fully saturated rings. The molecule has 0 aromatic heterocycles. The molecule has 0 bridgehead atoms. The molecule has 0 rings (SSSR count). The summed E-state index contributed by atoms with van der Waals surface area (Å²) in [5.74, 6) is -0.833. The largest absolute Gasteiger partial charge is 0.483 e. The molecule has 8 N–H and O–H groups in total. The first kappa shape index (κ1) is 68.5. The molecule has 0 spiro atoms. The van der Waals surface area contributed by atoms with Crippen LogP contribution >= 0.6 is 0 Å². The molecule has 0 saturated carbocycles. The third-order valence-electron chi connectivity index (χ3n) is 0. The predicted octanol–water partition coefficient (Wildman–Crippen LogP) is -2.04. The fraction of sp³-hybridized carbons (Fsp3) is 0.333. The van der Waals surface area contributed by atoms with E-state index in [-0.39, 0.29) is 58.1 Å². The van der Waals surface area contributed by atoms with Gasteiger partial charge in [-0.15, -0.1) is 0 Å². The monoisotopic (exact) mass is 361 g/mol. The molecule has 0 heterocycles. The van der Waals surface area contributed by atoms with Gasteiger partial charge in [-0.1, -0.05) is 0 Å². The van der Waals surface area contributed by atoms with Gasteiger partial charge in [0.2, 0.25) is 0 Å². The van der Waals surface area contributed by atoms with Crippen LogP contribution < -0.4 is 6.15 Å². The molecular weight excluding hydrogens is 344 g/mol. The van der Waals surface area contributed by atoms with Crippen molar-refractivity contribution >= 4 is 25.4 Å². The van der Waals surface area contributed by atoms with Crippen LogP contribution in [0.25, 0.3) is 0 Å². The Bertz CT molecular complexity index is 139. The Balaban J connectivity index is -0.00000000779. The average molecular weight is 361 g/mol. The van der Waals surface area contributed by atoms with Crippen LogP contribution in [0.4, 0.5) is 0 Å². The molecule has 12 heteroatoms. The smallest absolute Gasteiger partial charge is 0.373 e. The molecule has 0 aliphatic rings. The van der Waals surface area contributed by atoms with Crippen molar-refractivity contribution in [2.24, 2.45) is 0 Å². The summed E-state index contributed by atoms with van der Waals surface area (Å²) in [4.78, 5) is 41.6. The van der Waals surface area contributed by atoms with Gasteiger partial charge in [-0.3, -0.25) is 9.59 Å². The van der Waals surface area contributed by atoms with Crippen LogP contribution in [0.1, 0.15) is 6.92 Å². The Kier molecular flexibility index (Phi) is 884. The zero-order valence-corrected chi connectivity index (χ0v) is 11.8. The maximum Gasteiger partial charge on any atom is 0.373 e. The second-order valence-electron chi connectivity index (χ2n) is 0.708.